The average Bonchev–Trinajstić information content (AvgIpc) is 2.77. The van der Waals surface area contributed by atoms with E-state index in [1.54, 1.807) is 38.2 Å². The van der Waals surface area contributed by atoms with Gasteiger partial charge in [0.1, 0.15) is 0 Å². The second kappa shape index (κ2) is 8.95. The predicted octanol–water partition coefficient (Wildman–Crippen LogP) is 7.51. The van der Waals surface area contributed by atoms with Crippen molar-refractivity contribution in [1.29, 1.82) is 0 Å². The Bertz CT molecular complexity index is 1450. The minimum absolute atomic E-state index is 0.332. The van der Waals surface area contributed by atoms with Crippen molar-refractivity contribution in [2.24, 2.45) is 0 Å². The first-order valence-electron chi connectivity index (χ1n) is 10.3. The van der Waals surface area contributed by atoms with E-state index in [0.717, 1.165) is 33.2 Å². The fourth-order valence-electron chi connectivity index (χ4n) is 3.79. The molecule has 170 valence electrons. The molecule has 0 aliphatic heterocycles. The van der Waals surface area contributed by atoms with E-state index in [2.05, 4.69) is 4.98 Å². The molecule has 0 N–H and O–H groups in total. The summed E-state index contributed by atoms with van der Waals surface area (Å²) in [5.74, 6) is 0. The Kier molecular flexibility index (Phi) is 6.53. The summed E-state index contributed by atoms with van der Waals surface area (Å²) < 4.78 is 24.0. The Morgan fingerprint density at radius 1 is 0.939 bits per heavy atom. The first kappa shape index (κ1) is 24.1. The van der Waals surface area contributed by atoms with Crippen LogP contribution in [0.4, 0.5) is 0 Å². The summed E-state index contributed by atoms with van der Waals surface area (Å²) in [6, 6.07) is 20.9. The van der Waals surface area contributed by atoms with Crippen molar-refractivity contribution in [3.8, 4) is 11.1 Å². The van der Waals surface area contributed by atoms with Crippen LogP contribution in [0.2, 0.25) is 10.0 Å². The maximum absolute atomic E-state index is 12.6. The van der Waals surface area contributed by atoms with Crippen LogP contribution in [0.15, 0.2) is 72.9 Å². The summed E-state index contributed by atoms with van der Waals surface area (Å²) >= 11 is 17.7. The molecule has 1 heterocycles. The zero-order valence-electron chi connectivity index (χ0n) is 18.4. The molecule has 1 aromatic heterocycles. The molecule has 7 heteroatoms. The van der Waals surface area contributed by atoms with Gasteiger partial charge in [-0.1, -0.05) is 53.5 Å². The molecule has 0 bridgehead atoms. The van der Waals surface area contributed by atoms with E-state index in [4.69, 9.17) is 35.8 Å². The van der Waals surface area contributed by atoms with Crippen molar-refractivity contribution >= 4 is 56.6 Å². The Hall–Kier alpha value is -2.05. The monoisotopic (exact) mass is 515 g/mol. The highest BCUT2D eigenvalue weighted by Crippen LogP contribution is 2.41. The topological polar surface area (TPSA) is 47.0 Å². The minimum Gasteiger partial charge on any atom is -0.256 e. The summed E-state index contributed by atoms with van der Waals surface area (Å²) in [5.41, 5.74) is 4.94. The lowest BCUT2D eigenvalue weighted by Gasteiger charge is -2.24. The number of pyridine rings is 1. The van der Waals surface area contributed by atoms with E-state index in [-0.39, 0.29) is 5.25 Å². The van der Waals surface area contributed by atoms with Gasteiger partial charge in [0.25, 0.3) is 0 Å². The van der Waals surface area contributed by atoms with Gasteiger partial charge in [-0.25, -0.2) is 8.42 Å². The van der Waals surface area contributed by atoms with Crippen LogP contribution in [0.25, 0.3) is 22.0 Å². The number of nitrogens with zero attached hydrogens (tertiary/aromatic N) is 1. The van der Waals surface area contributed by atoms with Gasteiger partial charge in [0, 0.05) is 39.0 Å². The molecule has 3 nitrogen and oxygen atoms in total. The molecule has 0 spiro atoms. The summed E-state index contributed by atoms with van der Waals surface area (Å²) in [7, 11) is -3.35. The third-order valence-corrected chi connectivity index (χ3v) is 9.42. The lowest BCUT2D eigenvalue weighted by molar-refractivity contribution is 0.561. The maximum atomic E-state index is 12.6. The normalized spacial score (nSPS) is 13.3. The number of halogens is 2. The smallest absolute Gasteiger partial charge is 0.156 e. The van der Waals surface area contributed by atoms with Crippen LogP contribution in [-0.2, 0) is 14.6 Å². The van der Waals surface area contributed by atoms with E-state index in [9.17, 15) is 8.42 Å². The van der Waals surface area contributed by atoms with Crippen molar-refractivity contribution in [1.82, 2.24) is 4.98 Å². The number of hydrogen-bond acceptors (Lipinski definition) is 4. The number of thiol groups is 1. The number of aromatic nitrogens is 1. The van der Waals surface area contributed by atoms with Gasteiger partial charge in [-0.2, -0.15) is 12.6 Å². The van der Waals surface area contributed by atoms with Crippen molar-refractivity contribution < 1.29 is 8.42 Å². The molecular weight excluding hydrogens is 493 g/mol. The fourth-order valence-corrected chi connectivity index (χ4v) is 5.54. The first-order valence-corrected chi connectivity index (χ1v) is 13.5. The fraction of sp³-hybridized carbons (Fsp3) is 0.192. The second-order valence-corrected chi connectivity index (χ2v) is 12.4. The van der Waals surface area contributed by atoms with Crippen molar-refractivity contribution in [2.75, 3.05) is 6.26 Å². The molecule has 0 saturated carbocycles. The largest absolute Gasteiger partial charge is 0.256 e. The van der Waals surface area contributed by atoms with Gasteiger partial charge < -0.3 is 0 Å². The number of fused-ring (bicyclic) bond motifs is 1. The Balaban J connectivity index is 1.92. The molecule has 0 aliphatic rings. The van der Waals surface area contributed by atoms with Gasteiger partial charge in [-0.3, -0.25) is 4.98 Å². The summed E-state index contributed by atoms with van der Waals surface area (Å²) in [6.07, 6.45) is 3.00. The van der Waals surface area contributed by atoms with Crippen LogP contribution >= 0.6 is 35.8 Å². The van der Waals surface area contributed by atoms with Crippen molar-refractivity contribution in [2.45, 2.75) is 23.8 Å². The van der Waals surface area contributed by atoms with Gasteiger partial charge in [0.2, 0.25) is 0 Å². The number of rotatable bonds is 5. The van der Waals surface area contributed by atoms with E-state index < -0.39 is 14.6 Å². The summed E-state index contributed by atoms with van der Waals surface area (Å²) in [6.45, 7) is 3.45. The van der Waals surface area contributed by atoms with E-state index in [1.165, 1.54) is 6.26 Å². The lowest BCUT2D eigenvalue weighted by atomic mass is 9.92. The van der Waals surface area contributed by atoms with Crippen LogP contribution in [0.3, 0.4) is 0 Å². The molecule has 0 aliphatic carbocycles. The van der Waals surface area contributed by atoms with Gasteiger partial charge in [0.15, 0.2) is 9.84 Å². The average molecular weight is 517 g/mol. The predicted molar refractivity (Wildman–Crippen MR) is 142 cm³/mol. The van der Waals surface area contributed by atoms with E-state index >= 15 is 0 Å². The molecule has 33 heavy (non-hydrogen) atoms. The molecule has 0 saturated heterocycles. The number of hydrogen-bond donors (Lipinski definition) is 1. The molecule has 4 rings (SSSR count). The number of sulfone groups is 1. The molecule has 4 aromatic rings. The molecule has 0 radical (unpaired) electrons. The summed E-state index contributed by atoms with van der Waals surface area (Å²) in [4.78, 5) is 4.59. The van der Waals surface area contributed by atoms with Gasteiger partial charge in [0.05, 0.1) is 15.5 Å². The SMILES string of the molecule is CC(C)(c1cc(-c2cccc(C(S)c3c(Cl)cccc3Cl)c2)c2ncccc2c1)S(C)(=O)=O. The molecule has 1 atom stereocenters. The minimum atomic E-state index is -3.35. The van der Waals surface area contributed by atoms with E-state index in [1.807, 2.05) is 48.5 Å². The maximum Gasteiger partial charge on any atom is 0.156 e. The highest BCUT2D eigenvalue weighted by molar-refractivity contribution is 7.91. The van der Waals surface area contributed by atoms with Crippen LogP contribution in [0.1, 0.15) is 35.8 Å². The molecule has 3 aromatic carbocycles. The lowest BCUT2D eigenvalue weighted by Crippen LogP contribution is -2.28. The Morgan fingerprint density at radius 2 is 1.61 bits per heavy atom. The zero-order chi connectivity index (χ0) is 24.0. The quantitative estimate of drug-likeness (QED) is 0.279. The summed E-state index contributed by atoms with van der Waals surface area (Å²) in [5, 5.41) is 1.65. The van der Waals surface area contributed by atoms with Gasteiger partial charge in [-0.05, 0) is 66.9 Å². The van der Waals surface area contributed by atoms with Crippen LogP contribution in [-0.4, -0.2) is 19.7 Å². The molecular formula is C26H23Cl2NO2S2. The second-order valence-electron chi connectivity index (χ2n) is 8.54. The Labute approximate surface area is 210 Å². The number of benzene rings is 3. The standard InChI is InChI=1S/C26H23Cl2NO2S2/c1-26(2,33(3,30)31)19-14-17-9-6-12-29-24(17)20(15-19)16-7-4-8-18(13-16)25(32)23-21(27)10-5-11-22(23)28/h4-15,25,32H,1-3H3. The van der Waals surface area contributed by atoms with Gasteiger partial charge >= 0.3 is 0 Å². The molecule has 0 amide bonds. The highest BCUT2D eigenvalue weighted by Gasteiger charge is 2.33. The van der Waals surface area contributed by atoms with Crippen LogP contribution < -0.4 is 0 Å². The third kappa shape index (κ3) is 4.52. The Morgan fingerprint density at radius 3 is 2.27 bits per heavy atom. The van der Waals surface area contributed by atoms with E-state index in [0.29, 0.717) is 15.6 Å². The van der Waals surface area contributed by atoms with Crippen LogP contribution in [0, 0.1) is 0 Å². The molecule has 0 fully saturated rings. The highest BCUT2D eigenvalue weighted by atomic mass is 35.5. The van der Waals surface area contributed by atoms with Crippen molar-refractivity contribution in [3.05, 3.63) is 99.7 Å². The van der Waals surface area contributed by atoms with Crippen molar-refractivity contribution in [3.63, 3.8) is 0 Å². The molecule has 1 unspecified atom stereocenters. The first-order chi connectivity index (χ1) is 15.5. The van der Waals surface area contributed by atoms with Crippen LogP contribution in [0.5, 0.6) is 0 Å². The third-order valence-electron chi connectivity index (χ3n) is 6.11. The zero-order valence-corrected chi connectivity index (χ0v) is 21.6. The van der Waals surface area contributed by atoms with Gasteiger partial charge in [-0.15, -0.1) is 0 Å².